The third-order valence-electron chi connectivity index (χ3n) is 7.30. The fourth-order valence-electron chi connectivity index (χ4n) is 5.57. The van der Waals surface area contributed by atoms with Crippen LogP contribution in [0.2, 0.25) is 0 Å². The Balaban J connectivity index is 1.46. The Bertz CT molecular complexity index is 1280. The second-order valence-electron chi connectivity index (χ2n) is 9.75. The molecule has 3 amide bonds. The highest BCUT2D eigenvalue weighted by atomic mass is 19.4. The summed E-state index contributed by atoms with van der Waals surface area (Å²) in [5, 5.41) is 28.0. The summed E-state index contributed by atoms with van der Waals surface area (Å²) in [7, 11) is 0. The van der Waals surface area contributed by atoms with Crippen molar-refractivity contribution < 1.29 is 37.8 Å². The van der Waals surface area contributed by atoms with E-state index in [0.717, 1.165) is 11.0 Å². The van der Waals surface area contributed by atoms with Gasteiger partial charge in [-0.2, -0.15) is 13.2 Å². The van der Waals surface area contributed by atoms with Crippen molar-refractivity contribution in [1.82, 2.24) is 20.4 Å². The van der Waals surface area contributed by atoms with Crippen LogP contribution in [0.1, 0.15) is 34.3 Å². The summed E-state index contributed by atoms with van der Waals surface area (Å²) in [6.45, 7) is 0.823. The van der Waals surface area contributed by atoms with Crippen molar-refractivity contribution in [1.29, 1.82) is 0 Å². The van der Waals surface area contributed by atoms with Crippen LogP contribution in [-0.4, -0.2) is 92.3 Å². The minimum Gasteiger partial charge on any atom is -0.370 e. The number of guanidine groups is 2. The number of nitrogens with two attached hydrogens (primary N) is 2. The number of aryl methyl sites for hydroxylation is 1. The van der Waals surface area contributed by atoms with E-state index in [2.05, 4.69) is 20.6 Å². The molecule has 4 atom stereocenters. The summed E-state index contributed by atoms with van der Waals surface area (Å²) in [5.74, 6) is -5.09. The van der Waals surface area contributed by atoms with Crippen LogP contribution in [0.4, 0.5) is 13.2 Å². The Labute approximate surface area is 213 Å². The van der Waals surface area contributed by atoms with Crippen molar-refractivity contribution in [3.05, 3.63) is 34.9 Å². The Kier molecular flexibility index (Phi) is 5.61. The topological polar surface area (TPSA) is 199 Å². The van der Waals surface area contributed by atoms with Crippen molar-refractivity contribution >= 4 is 29.6 Å². The van der Waals surface area contributed by atoms with Crippen molar-refractivity contribution in [3.8, 4) is 0 Å². The Morgan fingerprint density at radius 3 is 2.47 bits per heavy atom. The summed E-state index contributed by atoms with van der Waals surface area (Å²) in [5.41, 5.74) is 8.91. The molecule has 1 spiro atoms. The molecule has 13 nitrogen and oxygen atoms in total. The second-order valence-corrected chi connectivity index (χ2v) is 9.75. The molecule has 4 heterocycles. The van der Waals surface area contributed by atoms with Gasteiger partial charge in [-0.15, -0.1) is 0 Å². The van der Waals surface area contributed by atoms with E-state index in [0.29, 0.717) is 6.07 Å². The number of hydrogen-bond donors (Lipinski definition) is 6. The average molecular weight is 538 g/mol. The van der Waals surface area contributed by atoms with Gasteiger partial charge in [0.1, 0.15) is 12.1 Å². The number of likely N-dealkylation sites (tertiary alicyclic amines) is 1. The normalized spacial score (nSPS) is 30.0. The number of amides is 3. The molecular weight excluding hydrogens is 513 g/mol. The number of carbonyl (C=O) groups is 3. The highest BCUT2D eigenvalue weighted by molar-refractivity contribution is 6.02. The number of hydrogen-bond acceptors (Lipinski definition) is 11. The van der Waals surface area contributed by atoms with Crippen LogP contribution in [0.15, 0.2) is 28.2 Å². The molecule has 0 saturated carbocycles. The van der Waals surface area contributed by atoms with E-state index in [-0.39, 0.29) is 49.0 Å². The number of halogens is 3. The molecule has 0 aliphatic carbocycles. The molecule has 2 fully saturated rings. The number of nitrogens with one attached hydrogen (secondary N) is 2. The van der Waals surface area contributed by atoms with Gasteiger partial charge >= 0.3 is 6.18 Å². The quantitative estimate of drug-likeness (QED) is 0.184. The second kappa shape index (κ2) is 8.29. The number of alkyl halides is 3. The first-order chi connectivity index (χ1) is 17.6. The van der Waals surface area contributed by atoms with Gasteiger partial charge in [-0.25, -0.2) is 9.98 Å². The average Bonchev–Trinajstić information content (AvgIpc) is 3.41. The maximum Gasteiger partial charge on any atom is 0.416 e. The molecule has 38 heavy (non-hydrogen) atoms. The van der Waals surface area contributed by atoms with E-state index in [1.165, 1.54) is 17.9 Å². The lowest BCUT2D eigenvalue weighted by atomic mass is 9.84. The molecule has 16 heteroatoms. The fourth-order valence-corrected chi connectivity index (χ4v) is 5.57. The van der Waals surface area contributed by atoms with Crippen LogP contribution in [-0.2, 0) is 15.8 Å². The zero-order chi connectivity index (χ0) is 27.8. The van der Waals surface area contributed by atoms with Crippen LogP contribution >= 0.6 is 0 Å². The molecule has 4 aliphatic heterocycles. The third kappa shape index (κ3) is 3.74. The lowest BCUT2D eigenvalue weighted by molar-refractivity contribution is -0.230. The van der Waals surface area contributed by atoms with Crippen molar-refractivity contribution in [2.45, 2.75) is 55.5 Å². The number of benzene rings is 1. The number of nitrogens with zero attached hydrogens (tertiary/aromatic N) is 4. The van der Waals surface area contributed by atoms with Crippen molar-refractivity contribution in [2.24, 2.45) is 21.5 Å². The SMILES string of the molecule is Cc1cc(C(=O)NC2CN3C(N)=NC(CN4C(=O)CCC4=O)[C@@H]4N=C(N)N[C@@]43C2(O)O)cc(C(F)(F)F)c1. The summed E-state index contributed by atoms with van der Waals surface area (Å²) < 4.78 is 39.8. The van der Waals surface area contributed by atoms with Crippen LogP contribution in [0.25, 0.3) is 0 Å². The van der Waals surface area contributed by atoms with Crippen molar-refractivity contribution in [3.63, 3.8) is 0 Å². The van der Waals surface area contributed by atoms with E-state index < -0.39 is 59.0 Å². The maximum atomic E-state index is 13.3. The number of aliphatic imine (C=N–C) groups is 2. The molecule has 8 N–H and O–H groups in total. The third-order valence-corrected chi connectivity index (χ3v) is 7.30. The predicted molar refractivity (Wildman–Crippen MR) is 124 cm³/mol. The Morgan fingerprint density at radius 2 is 1.84 bits per heavy atom. The van der Waals surface area contributed by atoms with Gasteiger partial charge in [0.15, 0.2) is 17.6 Å². The van der Waals surface area contributed by atoms with Gasteiger partial charge in [-0.1, -0.05) is 0 Å². The lowest BCUT2D eigenvalue weighted by Gasteiger charge is -2.49. The molecule has 2 unspecified atom stereocenters. The Morgan fingerprint density at radius 1 is 1.18 bits per heavy atom. The predicted octanol–water partition coefficient (Wildman–Crippen LogP) is -2.06. The van der Waals surface area contributed by atoms with Crippen LogP contribution in [0, 0.1) is 6.92 Å². The molecule has 0 radical (unpaired) electrons. The number of rotatable bonds is 4. The minimum atomic E-state index is -4.69. The molecule has 0 aromatic heterocycles. The molecule has 1 aromatic carbocycles. The minimum absolute atomic E-state index is 0.0311. The number of imide groups is 1. The van der Waals surface area contributed by atoms with E-state index >= 15 is 0 Å². The first kappa shape index (κ1) is 25.7. The van der Waals surface area contributed by atoms with E-state index in [1.54, 1.807) is 0 Å². The largest absolute Gasteiger partial charge is 0.416 e. The first-order valence-corrected chi connectivity index (χ1v) is 11.6. The molecule has 2 saturated heterocycles. The summed E-state index contributed by atoms with van der Waals surface area (Å²) >= 11 is 0. The lowest BCUT2D eigenvalue weighted by Crippen LogP contribution is -2.78. The monoisotopic (exact) mass is 538 g/mol. The molecule has 204 valence electrons. The van der Waals surface area contributed by atoms with Gasteiger partial charge in [0.25, 0.3) is 5.91 Å². The number of aliphatic hydroxyl groups is 2. The molecule has 4 aliphatic rings. The van der Waals surface area contributed by atoms with Crippen molar-refractivity contribution in [2.75, 3.05) is 13.1 Å². The smallest absolute Gasteiger partial charge is 0.370 e. The highest BCUT2D eigenvalue weighted by Crippen LogP contribution is 2.45. The van der Waals surface area contributed by atoms with E-state index in [4.69, 9.17) is 11.5 Å². The van der Waals surface area contributed by atoms with E-state index in [1.807, 2.05) is 0 Å². The van der Waals surface area contributed by atoms with Gasteiger partial charge in [-0.3, -0.25) is 19.3 Å². The van der Waals surface area contributed by atoms with Gasteiger partial charge in [0, 0.05) is 24.9 Å². The number of carbonyl (C=O) groups excluding carboxylic acids is 3. The van der Waals surface area contributed by atoms with Crippen LogP contribution in [0.5, 0.6) is 0 Å². The summed E-state index contributed by atoms with van der Waals surface area (Å²) in [6, 6.07) is -0.895. The standard InChI is InChI=1S/C22H25F3N8O5/c1-9-4-10(6-11(5-9)22(23,24)25)17(36)29-13-8-33-19(27)28-12(7-32-14(34)2-3-15(32)35)16-20(33,21(13,37)38)31-18(26)30-16/h4-6,12-13,16,37-38H,2-3,7-8H2,1H3,(H2,27,28)(H,29,36)(H3,26,30,31)/t12?,13?,16-,20-/m0/s1. The van der Waals surface area contributed by atoms with Gasteiger partial charge < -0.3 is 37.2 Å². The Hall–Kier alpha value is -3.92. The van der Waals surface area contributed by atoms with Gasteiger partial charge in [-0.05, 0) is 30.7 Å². The summed E-state index contributed by atoms with van der Waals surface area (Å²) in [6.07, 6.45) is -4.63. The van der Waals surface area contributed by atoms with E-state index in [9.17, 15) is 37.8 Å². The van der Waals surface area contributed by atoms with Gasteiger partial charge in [0.2, 0.25) is 17.6 Å². The zero-order valence-electron chi connectivity index (χ0n) is 20.0. The first-order valence-electron chi connectivity index (χ1n) is 11.6. The fraction of sp³-hybridized carbons (Fsp3) is 0.500. The summed E-state index contributed by atoms with van der Waals surface area (Å²) in [4.78, 5) is 48.2. The zero-order valence-corrected chi connectivity index (χ0v) is 20.0. The highest BCUT2D eigenvalue weighted by Gasteiger charge is 2.73. The van der Waals surface area contributed by atoms with Crippen LogP contribution in [0.3, 0.4) is 0 Å². The van der Waals surface area contributed by atoms with Gasteiger partial charge in [0.05, 0.1) is 18.2 Å². The molecule has 0 bridgehead atoms. The molecule has 1 aromatic rings. The van der Waals surface area contributed by atoms with Crippen LogP contribution < -0.4 is 22.1 Å². The maximum absolute atomic E-state index is 13.3. The molecule has 5 rings (SSSR count). The molecular formula is C22H25F3N8O5.